The first-order chi connectivity index (χ1) is 7.40. The molecule has 1 heterocycles. The summed E-state index contributed by atoms with van der Waals surface area (Å²) in [5, 5.41) is 0. The zero-order valence-electron chi connectivity index (χ0n) is 9.28. The Morgan fingerprint density at radius 1 is 0.933 bits per heavy atom. The van der Waals surface area contributed by atoms with E-state index in [1.165, 1.54) is 50.0 Å². The average Bonchev–Trinajstić information content (AvgIpc) is 2.58. The molecule has 1 fully saturated rings. The summed E-state index contributed by atoms with van der Waals surface area (Å²) in [4.78, 5) is 2.50. The molecule has 0 bridgehead atoms. The Hall–Kier alpha value is -1.24. The molecule has 1 aliphatic rings. The standard InChI is InChI=1S/C14H19N/c1-2-13-7-9-14(10-8-13)15-11-5-3-4-6-12-15/h2,7-10H,1,3-6,11-12H2. The SMILES string of the molecule is C=Cc1ccc(N2CCCCCC2)cc1. The highest BCUT2D eigenvalue weighted by molar-refractivity contribution is 5.54. The van der Waals surface area contributed by atoms with E-state index in [2.05, 4.69) is 35.7 Å². The molecule has 0 saturated carbocycles. The second kappa shape index (κ2) is 5.01. The van der Waals surface area contributed by atoms with Gasteiger partial charge in [-0.1, -0.05) is 37.6 Å². The van der Waals surface area contributed by atoms with E-state index in [0.717, 1.165) is 0 Å². The highest BCUT2D eigenvalue weighted by Crippen LogP contribution is 2.20. The van der Waals surface area contributed by atoms with Crippen molar-refractivity contribution in [3.8, 4) is 0 Å². The molecule has 0 spiro atoms. The Morgan fingerprint density at radius 2 is 1.53 bits per heavy atom. The van der Waals surface area contributed by atoms with Crippen molar-refractivity contribution in [2.45, 2.75) is 25.7 Å². The van der Waals surface area contributed by atoms with Gasteiger partial charge in [-0.3, -0.25) is 0 Å². The van der Waals surface area contributed by atoms with Gasteiger partial charge in [-0.2, -0.15) is 0 Å². The highest BCUT2D eigenvalue weighted by atomic mass is 15.1. The maximum absolute atomic E-state index is 3.77. The minimum Gasteiger partial charge on any atom is -0.372 e. The molecule has 2 rings (SSSR count). The summed E-state index contributed by atoms with van der Waals surface area (Å²) in [6.07, 6.45) is 7.35. The molecule has 1 nitrogen and oxygen atoms in total. The lowest BCUT2D eigenvalue weighted by Crippen LogP contribution is -2.23. The van der Waals surface area contributed by atoms with E-state index in [0.29, 0.717) is 0 Å². The number of nitrogens with zero attached hydrogens (tertiary/aromatic N) is 1. The molecule has 1 heteroatoms. The summed E-state index contributed by atoms with van der Waals surface area (Å²) >= 11 is 0. The van der Waals surface area contributed by atoms with Crippen LogP contribution in [-0.4, -0.2) is 13.1 Å². The van der Waals surface area contributed by atoms with Crippen LogP contribution in [0.15, 0.2) is 30.8 Å². The Kier molecular flexibility index (Phi) is 3.44. The Bertz CT molecular complexity index is 305. The van der Waals surface area contributed by atoms with Crippen molar-refractivity contribution in [3.05, 3.63) is 36.4 Å². The summed E-state index contributed by atoms with van der Waals surface area (Å²) in [5.41, 5.74) is 2.57. The summed E-state index contributed by atoms with van der Waals surface area (Å²) in [6, 6.07) is 8.71. The number of benzene rings is 1. The van der Waals surface area contributed by atoms with Gasteiger partial charge in [0.2, 0.25) is 0 Å². The van der Waals surface area contributed by atoms with Crippen LogP contribution in [0.2, 0.25) is 0 Å². The fourth-order valence-electron chi connectivity index (χ4n) is 2.15. The van der Waals surface area contributed by atoms with Gasteiger partial charge >= 0.3 is 0 Å². The summed E-state index contributed by atoms with van der Waals surface area (Å²) < 4.78 is 0. The molecule has 15 heavy (non-hydrogen) atoms. The van der Waals surface area contributed by atoms with Crippen LogP contribution in [0.25, 0.3) is 6.08 Å². The Balaban J connectivity index is 2.09. The monoisotopic (exact) mass is 201 g/mol. The first-order valence-electron chi connectivity index (χ1n) is 5.87. The van der Waals surface area contributed by atoms with Crippen LogP contribution >= 0.6 is 0 Å². The second-order valence-corrected chi connectivity index (χ2v) is 4.20. The van der Waals surface area contributed by atoms with E-state index in [4.69, 9.17) is 0 Å². The summed E-state index contributed by atoms with van der Waals surface area (Å²) in [6.45, 7) is 6.21. The van der Waals surface area contributed by atoms with Crippen molar-refractivity contribution in [1.82, 2.24) is 0 Å². The average molecular weight is 201 g/mol. The van der Waals surface area contributed by atoms with E-state index in [1.807, 2.05) is 6.08 Å². The van der Waals surface area contributed by atoms with Crippen molar-refractivity contribution in [2.24, 2.45) is 0 Å². The first-order valence-corrected chi connectivity index (χ1v) is 5.87. The molecule has 1 aromatic rings. The van der Waals surface area contributed by atoms with Crippen molar-refractivity contribution in [1.29, 1.82) is 0 Å². The Morgan fingerprint density at radius 3 is 2.07 bits per heavy atom. The van der Waals surface area contributed by atoms with Crippen LogP contribution in [0.3, 0.4) is 0 Å². The fourth-order valence-corrected chi connectivity index (χ4v) is 2.15. The number of hydrogen-bond acceptors (Lipinski definition) is 1. The molecule has 1 aliphatic heterocycles. The molecule has 80 valence electrons. The van der Waals surface area contributed by atoms with Gasteiger partial charge in [-0.05, 0) is 30.5 Å². The number of anilines is 1. The van der Waals surface area contributed by atoms with Crippen LogP contribution < -0.4 is 4.90 Å². The van der Waals surface area contributed by atoms with Gasteiger partial charge in [0.1, 0.15) is 0 Å². The molecule has 1 saturated heterocycles. The van der Waals surface area contributed by atoms with Crippen LogP contribution in [-0.2, 0) is 0 Å². The normalized spacial score (nSPS) is 17.2. The van der Waals surface area contributed by atoms with Gasteiger partial charge < -0.3 is 4.90 Å². The predicted molar refractivity (Wildman–Crippen MR) is 67.2 cm³/mol. The summed E-state index contributed by atoms with van der Waals surface area (Å²) in [7, 11) is 0. The van der Waals surface area contributed by atoms with Crippen molar-refractivity contribution < 1.29 is 0 Å². The smallest absolute Gasteiger partial charge is 0.0366 e. The largest absolute Gasteiger partial charge is 0.372 e. The fraction of sp³-hybridized carbons (Fsp3) is 0.429. The van der Waals surface area contributed by atoms with Crippen LogP contribution in [0.5, 0.6) is 0 Å². The minimum atomic E-state index is 1.20. The van der Waals surface area contributed by atoms with Crippen LogP contribution in [0.1, 0.15) is 31.2 Å². The molecule has 0 atom stereocenters. The molecular weight excluding hydrogens is 182 g/mol. The van der Waals surface area contributed by atoms with Crippen LogP contribution in [0.4, 0.5) is 5.69 Å². The lowest BCUT2D eigenvalue weighted by molar-refractivity contribution is 0.726. The second-order valence-electron chi connectivity index (χ2n) is 4.20. The van der Waals surface area contributed by atoms with Crippen molar-refractivity contribution in [3.63, 3.8) is 0 Å². The molecule has 0 aliphatic carbocycles. The maximum atomic E-state index is 3.77. The maximum Gasteiger partial charge on any atom is 0.0366 e. The van der Waals surface area contributed by atoms with Gasteiger partial charge in [-0.15, -0.1) is 0 Å². The molecule has 0 N–H and O–H groups in total. The zero-order valence-corrected chi connectivity index (χ0v) is 9.28. The van der Waals surface area contributed by atoms with Gasteiger partial charge in [0.25, 0.3) is 0 Å². The third-order valence-electron chi connectivity index (χ3n) is 3.10. The quantitative estimate of drug-likeness (QED) is 0.705. The molecule has 0 unspecified atom stereocenters. The molecule has 0 radical (unpaired) electrons. The van der Waals surface area contributed by atoms with Gasteiger partial charge in [0.05, 0.1) is 0 Å². The van der Waals surface area contributed by atoms with E-state index in [9.17, 15) is 0 Å². The molecule has 0 aromatic heterocycles. The van der Waals surface area contributed by atoms with E-state index >= 15 is 0 Å². The minimum absolute atomic E-state index is 1.20. The van der Waals surface area contributed by atoms with Gasteiger partial charge in [0.15, 0.2) is 0 Å². The lowest BCUT2D eigenvalue weighted by atomic mass is 10.2. The van der Waals surface area contributed by atoms with Crippen LogP contribution in [0, 0.1) is 0 Å². The third kappa shape index (κ3) is 2.62. The first kappa shape index (κ1) is 10.3. The predicted octanol–water partition coefficient (Wildman–Crippen LogP) is 3.71. The zero-order chi connectivity index (χ0) is 10.5. The Labute approximate surface area is 92.4 Å². The van der Waals surface area contributed by atoms with E-state index in [-0.39, 0.29) is 0 Å². The number of rotatable bonds is 2. The molecular formula is C14H19N. The van der Waals surface area contributed by atoms with Crippen molar-refractivity contribution >= 4 is 11.8 Å². The topological polar surface area (TPSA) is 3.24 Å². The van der Waals surface area contributed by atoms with E-state index in [1.54, 1.807) is 0 Å². The summed E-state index contributed by atoms with van der Waals surface area (Å²) in [5.74, 6) is 0. The van der Waals surface area contributed by atoms with Gasteiger partial charge in [-0.25, -0.2) is 0 Å². The molecule has 0 amide bonds. The molecule has 1 aromatic carbocycles. The third-order valence-corrected chi connectivity index (χ3v) is 3.10. The highest BCUT2D eigenvalue weighted by Gasteiger charge is 2.08. The lowest BCUT2D eigenvalue weighted by Gasteiger charge is -2.22. The number of hydrogen-bond donors (Lipinski definition) is 0. The van der Waals surface area contributed by atoms with Crippen molar-refractivity contribution in [2.75, 3.05) is 18.0 Å². The van der Waals surface area contributed by atoms with E-state index < -0.39 is 0 Å². The van der Waals surface area contributed by atoms with Gasteiger partial charge in [0, 0.05) is 18.8 Å².